The molecule has 1 aromatic heterocycles. The van der Waals surface area contributed by atoms with Gasteiger partial charge >= 0.3 is 0 Å². The van der Waals surface area contributed by atoms with Gasteiger partial charge in [-0.25, -0.2) is 8.42 Å². The second-order valence-electron chi connectivity index (χ2n) is 8.16. The number of nitrogens with one attached hydrogen (secondary N) is 1. The number of carbonyl (C=O) groups is 1. The molecule has 0 fully saturated rings. The summed E-state index contributed by atoms with van der Waals surface area (Å²) in [7, 11) is -0.584. The van der Waals surface area contributed by atoms with Crippen LogP contribution in [0.15, 0.2) is 53.6 Å². The Morgan fingerprint density at radius 2 is 1.79 bits per heavy atom. The number of aromatic nitrogens is 1. The van der Waals surface area contributed by atoms with Gasteiger partial charge in [0.2, 0.25) is 0 Å². The molecule has 8 heteroatoms. The van der Waals surface area contributed by atoms with Crippen LogP contribution in [0.25, 0.3) is 0 Å². The first-order chi connectivity index (χ1) is 15.5. The first-order valence-electron chi connectivity index (χ1n) is 10.5. The Hall–Kier alpha value is -3.39. The van der Waals surface area contributed by atoms with Crippen LogP contribution in [0.2, 0.25) is 0 Å². The predicted molar refractivity (Wildman–Crippen MR) is 129 cm³/mol. The molecule has 2 aromatic carbocycles. The van der Waals surface area contributed by atoms with Gasteiger partial charge in [-0.1, -0.05) is 18.2 Å². The van der Waals surface area contributed by atoms with Crippen molar-refractivity contribution < 1.29 is 17.9 Å². The van der Waals surface area contributed by atoms with Gasteiger partial charge in [-0.05, 0) is 63.1 Å². The Kier molecular flexibility index (Phi) is 7.07. The highest BCUT2D eigenvalue weighted by molar-refractivity contribution is 7.92. The third kappa shape index (κ3) is 5.34. The maximum atomic E-state index is 13.2. The summed E-state index contributed by atoms with van der Waals surface area (Å²) < 4.78 is 33.9. The summed E-state index contributed by atoms with van der Waals surface area (Å²) in [6.07, 6.45) is 1.72. The van der Waals surface area contributed by atoms with Crippen molar-refractivity contribution in [1.29, 1.82) is 0 Å². The molecule has 0 atom stereocenters. The lowest BCUT2D eigenvalue weighted by Gasteiger charge is -2.21. The Bertz CT molecular complexity index is 1300. The summed E-state index contributed by atoms with van der Waals surface area (Å²) >= 11 is 0. The van der Waals surface area contributed by atoms with Gasteiger partial charge in [-0.3, -0.25) is 14.5 Å². The molecule has 0 spiro atoms. The molecular formula is C25H29N3O4S. The molecule has 33 heavy (non-hydrogen) atoms. The van der Waals surface area contributed by atoms with Crippen molar-refractivity contribution in [3.05, 3.63) is 82.2 Å². The quantitative estimate of drug-likeness (QED) is 0.556. The number of methoxy groups -OCH3 is 1. The molecule has 7 nitrogen and oxygen atoms in total. The highest BCUT2D eigenvalue weighted by atomic mass is 32.2. The van der Waals surface area contributed by atoms with Crippen LogP contribution in [0.5, 0.6) is 5.75 Å². The number of amides is 1. The van der Waals surface area contributed by atoms with E-state index in [4.69, 9.17) is 4.74 Å². The smallest absolute Gasteiger partial charge is 0.261 e. The van der Waals surface area contributed by atoms with Crippen molar-refractivity contribution in [3.63, 3.8) is 0 Å². The van der Waals surface area contributed by atoms with E-state index in [9.17, 15) is 13.2 Å². The van der Waals surface area contributed by atoms with Crippen LogP contribution >= 0.6 is 0 Å². The standard InChI is InChI=1S/C25H29N3O4S/c1-16-8-7-9-20(12-16)27-33(30,31)21-11-10-17(2)22(13-21)25(29)28(5)15-23-19(4)24(32-6)18(3)14-26-23/h7-14,27H,15H2,1-6H3. The molecule has 174 valence electrons. The van der Waals surface area contributed by atoms with Crippen molar-refractivity contribution in [3.8, 4) is 5.75 Å². The summed E-state index contributed by atoms with van der Waals surface area (Å²) in [5.74, 6) is 0.452. The number of nitrogens with zero attached hydrogens (tertiary/aromatic N) is 2. The van der Waals surface area contributed by atoms with Gasteiger partial charge in [0.05, 0.1) is 24.2 Å². The molecule has 0 aliphatic heterocycles. The fourth-order valence-corrected chi connectivity index (χ4v) is 4.73. The molecule has 0 saturated carbocycles. The molecule has 0 saturated heterocycles. The number of rotatable bonds is 7. The first-order valence-corrected chi connectivity index (χ1v) is 12.0. The van der Waals surface area contributed by atoms with Crippen molar-refractivity contribution in [2.24, 2.45) is 0 Å². The Balaban J connectivity index is 1.87. The van der Waals surface area contributed by atoms with Gasteiger partial charge in [0.15, 0.2) is 0 Å². The topological polar surface area (TPSA) is 88.6 Å². The maximum Gasteiger partial charge on any atom is 0.261 e. The molecule has 1 heterocycles. The lowest BCUT2D eigenvalue weighted by atomic mass is 10.1. The molecule has 3 aromatic rings. The number of sulfonamides is 1. The van der Waals surface area contributed by atoms with Crippen LogP contribution in [0.3, 0.4) is 0 Å². The Labute approximate surface area is 195 Å². The number of benzene rings is 2. The second-order valence-corrected chi connectivity index (χ2v) is 9.84. The lowest BCUT2D eigenvalue weighted by Crippen LogP contribution is -2.28. The summed E-state index contributed by atoms with van der Waals surface area (Å²) in [6.45, 7) is 7.75. The van der Waals surface area contributed by atoms with Crippen molar-refractivity contribution in [1.82, 2.24) is 9.88 Å². The largest absolute Gasteiger partial charge is 0.496 e. The fraction of sp³-hybridized carbons (Fsp3) is 0.280. The van der Waals surface area contributed by atoms with Crippen LogP contribution in [-0.2, 0) is 16.6 Å². The molecule has 0 bridgehead atoms. The Morgan fingerprint density at radius 1 is 1.06 bits per heavy atom. The van der Waals surface area contributed by atoms with E-state index < -0.39 is 10.0 Å². The van der Waals surface area contributed by atoms with Crippen LogP contribution < -0.4 is 9.46 Å². The average Bonchev–Trinajstić information content (AvgIpc) is 2.75. The second kappa shape index (κ2) is 9.62. The number of pyridine rings is 1. The van der Waals surface area contributed by atoms with E-state index in [2.05, 4.69) is 9.71 Å². The monoisotopic (exact) mass is 467 g/mol. The molecule has 0 aliphatic rings. The SMILES string of the molecule is COc1c(C)cnc(CN(C)C(=O)c2cc(S(=O)(=O)Nc3cccc(C)c3)ccc2C)c1C. The van der Waals surface area contributed by atoms with E-state index in [1.165, 1.54) is 17.0 Å². The summed E-state index contributed by atoms with van der Waals surface area (Å²) in [5.41, 5.74) is 4.92. The van der Waals surface area contributed by atoms with Gasteiger partial charge in [0.25, 0.3) is 15.9 Å². The molecule has 1 N–H and O–H groups in total. The van der Waals surface area contributed by atoms with E-state index >= 15 is 0 Å². The van der Waals surface area contributed by atoms with E-state index in [-0.39, 0.29) is 17.3 Å². The van der Waals surface area contributed by atoms with Crippen molar-refractivity contribution >= 4 is 21.6 Å². The third-order valence-corrected chi connectivity index (χ3v) is 6.88. The van der Waals surface area contributed by atoms with E-state index in [0.717, 1.165) is 28.1 Å². The highest BCUT2D eigenvalue weighted by Gasteiger charge is 2.21. The molecule has 3 rings (SSSR count). The molecule has 0 unspecified atom stereocenters. The van der Waals surface area contributed by atoms with Gasteiger partial charge in [0, 0.05) is 35.6 Å². The molecule has 0 aliphatic carbocycles. The molecule has 0 radical (unpaired) electrons. The third-order valence-electron chi connectivity index (χ3n) is 5.50. The maximum absolute atomic E-state index is 13.2. The van der Waals surface area contributed by atoms with Gasteiger partial charge in [-0.2, -0.15) is 0 Å². The summed E-state index contributed by atoms with van der Waals surface area (Å²) in [5, 5.41) is 0. The first kappa shape index (κ1) is 24.3. The van der Waals surface area contributed by atoms with Gasteiger partial charge in [0.1, 0.15) is 5.75 Å². The number of aryl methyl sites for hydroxylation is 3. The molecule has 1 amide bonds. The van der Waals surface area contributed by atoms with E-state index in [1.54, 1.807) is 51.5 Å². The summed E-state index contributed by atoms with van der Waals surface area (Å²) in [4.78, 5) is 19.2. The van der Waals surface area contributed by atoms with Gasteiger partial charge < -0.3 is 9.64 Å². The van der Waals surface area contributed by atoms with Crippen LogP contribution in [0.1, 0.15) is 38.3 Å². The normalized spacial score (nSPS) is 11.2. The predicted octanol–water partition coefficient (Wildman–Crippen LogP) is 4.40. The van der Waals surface area contributed by atoms with E-state index in [0.29, 0.717) is 16.8 Å². The summed E-state index contributed by atoms with van der Waals surface area (Å²) in [6, 6.07) is 11.7. The zero-order valence-corrected chi connectivity index (χ0v) is 20.6. The average molecular weight is 468 g/mol. The van der Waals surface area contributed by atoms with Crippen LogP contribution in [0.4, 0.5) is 5.69 Å². The number of anilines is 1. The lowest BCUT2D eigenvalue weighted by molar-refractivity contribution is 0.0782. The Morgan fingerprint density at radius 3 is 2.45 bits per heavy atom. The number of ether oxygens (including phenoxy) is 1. The molecular weight excluding hydrogens is 438 g/mol. The zero-order chi connectivity index (χ0) is 24.3. The van der Waals surface area contributed by atoms with Gasteiger partial charge in [-0.15, -0.1) is 0 Å². The van der Waals surface area contributed by atoms with E-state index in [1.807, 2.05) is 26.8 Å². The number of hydrogen-bond acceptors (Lipinski definition) is 5. The number of hydrogen-bond donors (Lipinski definition) is 1. The minimum atomic E-state index is -3.86. The fourth-order valence-electron chi connectivity index (χ4n) is 3.65. The zero-order valence-electron chi connectivity index (χ0n) is 19.8. The highest BCUT2D eigenvalue weighted by Crippen LogP contribution is 2.26. The van der Waals surface area contributed by atoms with Crippen molar-refractivity contribution in [2.75, 3.05) is 18.9 Å². The minimum absolute atomic E-state index is 0.0256. The minimum Gasteiger partial charge on any atom is -0.496 e. The van der Waals surface area contributed by atoms with Crippen LogP contribution in [0, 0.1) is 27.7 Å². The number of carbonyl (C=O) groups excluding carboxylic acids is 1. The van der Waals surface area contributed by atoms with Crippen molar-refractivity contribution in [2.45, 2.75) is 39.1 Å². The van der Waals surface area contributed by atoms with Crippen LogP contribution in [-0.4, -0.2) is 38.4 Å².